The first-order chi connectivity index (χ1) is 17.8. The molecule has 0 saturated carbocycles. The number of nitrogens with two attached hydrogens (primary N) is 1. The molecule has 4 aromatic rings. The second-order valence-electron chi connectivity index (χ2n) is 9.94. The Hall–Kier alpha value is -3.89. The number of nitrogens with zero attached hydrogens (tertiary/aromatic N) is 4. The van der Waals surface area contributed by atoms with Crippen LogP contribution in [0.15, 0.2) is 54.9 Å². The van der Waals surface area contributed by atoms with Crippen molar-refractivity contribution in [3.63, 3.8) is 0 Å². The minimum absolute atomic E-state index is 0.0266. The number of carbonyl (C=O) groups is 1. The van der Waals surface area contributed by atoms with E-state index in [9.17, 15) is 13.6 Å². The highest BCUT2D eigenvalue weighted by Crippen LogP contribution is 2.53. The predicted molar refractivity (Wildman–Crippen MR) is 129 cm³/mol. The second kappa shape index (κ2) is 7.80. The van der Waals surface area contributed by atoms with Crippen molar-refractivity contribution in [2.24, 2.45) is 5.73 Å². The number of ether oxygens (including phenoxy) is 2. The molecule has 10 heteroatoms. The Morgan fingerprint density at radius 3 is 2.70 bits per heavy atom. The molecule has 1 amide bonds. The third-order valence-electron chi connectivity index (χ3n) is 7.80. The molecular formula is C27H23F2N5O3. The number of hydrogen-bond donors (Lipinski definition) is 1. The number of amides is 1. The first kappa shape index (κ1) is 22.3. The molecule has 3 aliphatic rings. The number of halogens is 2. The largest absolute Gasteiger partial charge is 0.434 e. The van der Waals surface area contributed by atoms with E-state index in [0.717, 1.165) is 33.6 Å². The van der Waals surface area contributed by atoms with E-state index in [1.807, 2.05) is 30.5 Å². The number of benzene rings is 1. The second-order valence-corrected chi connectivity index (χ2v) is 9.94. The smallest absolute Gasteiger partial charge is 0.387 e. The molecular weight excluding hydrogens is 480 g/mol. The van der Waals surface area contributed by atoms with Gasteiger partial charge in [-0.05, 0) is 42.3 Å². The van der Waals surface area contributed by atoms with Crippen molar-refractivity contribution < 1.29 is 23.0 Å². The van der Waals surface area contributed by atoms with Gasteiger partial charge >= 0.3 is 6.61 Å². The number of rotatable bonds is 4. The maximum atomic E-state index is 13.3. The predicted octanol–water partition coefficient (Wildman–Crippen LogP) is 3.84. The van der Waals surface area contributed by atoms with Crippen molar-refractivity contribution >= 4 is 11.4 Å². The summed E-state index contributed by atoms with van der Waals surface area (Å²) in [6.07, 6.45) is 4.22. The van der Waals surface area contributed by atoms with Gasteiger partial charge < -0.3 is 20.1 Å². The standard InChI is InChI=1S/C27H23F2N5O3/c1-33-19-10-17(22-16(25(33)35)3-2-4-20(22)37-26(28)29)23-18-9-14(7-8-34(18)32-24(19)23)15-5-6-21(31-11-15)27(30)12-36-13-27/h2-9,11,17,19,26H,10,12-13,30H2,1H3. The van der Waals surface area contributed by atoms with Crippen LogP contribution in [0.3, 0.4) is 0 Å². The number of alkyl halides is 2. The summed E-state index contributed by atoms with van der Waals surface area (Å²) in [4.78, 5) is 19.5. The lowest BCUT2D eigenvalue weighted by molar-refractivity contribution is -0.0590. The minimum Gasteiger partial charge on any atom is -0.434 e. The molecule has 1 saturated heterocycles. The molecule has 1 aromatic carbocycles. The molecule has 37 heavy (non-hydrogen) atoms. The molecule has 2 aliphatic heterocycles. The fourth-order valence-electron chi connectivity index (χ4n) is 5.87. The van der Waals surface area contributed by atoms with E-state index in [0.29, 0.717) is 30.8 Å². The van der Waals surface area contributed by atoms with Crippen LogP contribution in [0.25, 0.3) is 16.6 Å². The Morgan fingerprint density at radius 1 is 1.16 bits per heavy atom. The van der Waals surface area contributed by atoms with Crippen LogP contribution in [0, 0.1) is 0 Å². The van der Waals surface area contributed by atoms with Gasteiger partial charge in [0.1, 0.15) is 11.3 Å². The maximum Gasteiger partial charge on any atom is 0.387 e. The monoisotopic (exact) mass is 503 g/mol. The molecule has 2 atom stereocenters. The average molecular weight is 504 g/mol. The van der Waals surface area contributed by atoms with Gasteiger partial charge in [0.2, 0.25) is 0 Å². The van der Waals surface area contributed by atoms with E-state index in [2.05, 4.69) is 4.98 Å². The topological polar surface area (TPSA) is 95.0 Å². The Balaban J connectivity index is 1.37. The Kier molecular flexibility index (Phi) is 4.71. The summed E-state index contributed by atoms with van der Waals surface area (Å²) in [6.45, 7) is -2.10. The molecule has 3 aromatic heterocycles. The van der Waals surface area contributed by atoms with E-state index < -0.39 is 12.2 Å². The van der Waals surface area contributed by atoms with Crippen LogP contribution in [-0.2, 0) is 10.3 Å². The van der Waals surface area contributed by atoms with Crippen LogP contribution in [-0.4, -0.2) is 52.3 Å². The normalized spacial score (nSPS) is 21.5. The highest BCUT2D eigenvalue weighted by atomic mass is 19.3. The van der Waals surface area contributed by atoms with Gasteiger partial charge in [-0.3, -0.25) is 9.78 Å². The lowest BCUT2D eigenvalue weighted by Gasteiger charge is -2.37. The number of aromatic nitrogens is 3. The lowest BCUT2D eigenvalue weighted by Crippen LogP contribution is -2.54. The van der Waals surface area contributed by atoms with Crippen molar-refractivity contribution in [1.82, 2.24) is 19.5 Å². The van der Waals surface area contributed by atoms with E-state index >= 15 is 0 Å². The fourth-order valence-corrected chi connectivity index (χ4v) is 5.87. The number of fused-ring (bicyclic) bond motifs is 9. The molecule has 2 bridgehead atoms. The molecule has 2 N–H and O–H groups in total. The number of carbonyl (C=O) groups excluding carboxylic acids is 1. The zero-order valence-electron chi connectivity index (χ0n) is 19.9. The quantitative estimate of drug-likeness (QED) is 0.455. The molecule has 5 heterocycles. The van der Waals surface area contributed by atoms with Crippen molar-refractivity contribution in [1.29, 1.82) is 0 Å². The van der Waals surface area contributed by atoms with E-state index in [4.69, 9.17) is 20.3 Å². The van der Waals surface area contributed by atoms with E-state index in [1.165, 1.54) is 6.07 Å². The zero-order chi connectivity index (χ0) is 25.5. The Morgan fingerprint density at radius 2 is 2.00 bits per heavy atom. The van der Waals surface area contributed by atoms with Crippen LogP contribution < -0.4 is 10.5 Å². The summed E-state index contributed by atoms with van der Waals surface area (Å²) in [5.74, 6) is -0.520. The van der Waals surface area contributed by atoms with Crippen LogP contribution >= 0.6 is 0 Å². The van der Waals surface area contributed by atoms with Crippen LogP contribution in [0.2, 0.25) is 0 Å². The first-order valence-electron chi connectivity index (χ1n) is 12.0. The van der Waals surface area contributed by atoms with Crippen molar-refractivity contribution in [3.8, 4) is 16.9 Å². The van der Waals surface area contributed by atoms with Gasteiger partial charge in [-0.25, -0.2) is 4.52 Å². The van der Waals surface area contributed by atoms with Gasteiger partial charge in [0.05, 0.1) is 36.2 Å². The number of hydrogen-bond acceptors (Lipinski definition) is 6. The summed E-state index contributed by atoms with van der Waals surface area (Å²) < 4.78 is 38.6. The highest BCUT2D eigenvalue weighted by Gasteiger charge is 2.46. The first-order valence-corrected chi connectivity index (χ1v) is 12.0. The molecule has 0 radical (unpaired) electrons. The van der Waals surface area contributed by atoms with Crippen molar-refractivity contribution in [2.45, 2.75) is 30.5 Å². The van der Waals surface area contributed by atoms with Crippen molar-refractivity contribution in [3.05, 3.63) is 82.9 Å². The zero-order valence-corrected chi connectivity index (χ0v) is 19.9. The van der Waals surface area contributed by atoms with Crippen LogP contribution in [0.5, 0.6) is 5.75 Å². The summed E-state index contributed by atoms with van der Waals surface area (Å²) in [7, 11) is 1.73. The van der Waals surface area contributed by atoms with Gasteiger partial charge in [-0.15, -0.1) is 0 Å². The Labute approximate surface area is 210 Å². The summed E-state index contributed by atoms with van der Waals surface area (Å²) in [5.41, 5.74) is 11.8. The van der Waals surface area contributed by atoms with E-state index in [-0.39, 0.29) is 23.6 Å². The summed E-state index contributed by atoms with van der Waals surface area (Å²) in [5, 5.41) is 4.81. The SMILES string of the molecule is CN1C(=O)c2cccc(OC(F)F)c2C2CC1c1nn3ccc(-c4ccc(C5(N)COC5)nc4)cc3c12. The number of pyridine rings is 2. The average Bonchev–Trinajstić information content (AvgIpc) is 3.40. The molecule has 8 nitrogen and oxygen atoms in total. The lowest BCUT2D eigenvalue weighted by atomic mass is 9.88. The van der Waals surface area contributed by atoms with Gasteiger partial charge in [0.15, 0.2) is 0 Å². The van der Waals surface area contributed by atoms with E-state index in [1.54, 1.807) is 34.8 Å². The highest BCUT2D eigenvalue weighted by molar-refractivity contribution is 5.98. The van der Waals surface area contributed by atoms with Crippen LogP contribution in [0.4, 0.5) is 8.78 Å². The summed E-state index contributed by atoms with van der Waals surface area (Å²) in [6, 6.07) is 12.4. The molecule has 7 rings (SSSR count). The molecule has 1 fully saturated rings. The summed E-state index contributed by atoms with van der Waals surface area (Å²) >= 11 is 0. The van der Waals surface area contributed by atoms with Crippen molar-refractivity contribution in [2.75, 3.05) is 20.3 Å². The van der Waals surface area contributed by atoms with Gasteiger partial charge in [-0.1, -0.05) is 12.1 Å². The van der Waals surface area contributed by atoms with Gasteiger partial charge in [0.25, 0.3) is 5.91 Å². The molecule has 1 aliphatic carbocycles. The fraction of sp³-hybridized carbons (Fsp3) is 0.296. The third kappa shape index (κ3) is 3.22. The van der Waals surface area contributed by atoms with Gasteiger partial charge in [-0.2, -0.15) is 13.9 Å². The maximum absolute atomic E-state index is 13.3. The van der Waals surface area contributed by atoms with Gasteiger partial charge in [0, 0.05) is 47.6 Å². The third-order valence-corrected chi connectivity index (χ3v) is 7.80. The minimum atomic E-state index is -3.00. The molecule has 188 valence electrons. The van der Waals surface area contributed by atoms with Crippen LogP contribution in [0.1, 0.15) is 51.3 Å². The molecule has 0 spiro atoms. The Bertz CT molecular complexity index is 1560. The molecule has 2 unspecified atom stereocenters.